The Kier molecular flexibility index (Phi) is 7.77. The number of hydrogen-bond donors (Lipinski definition) is 1. The van der Waals surface area contributed by atoms with Crippen molar-refractivity contribution in [2.75, 3.05) is 6.61 Å². The van der Waals surface area contributed by atoms with E-state index >= 15 is 0 Å². The van der Waals surface area contributed by atoms with Crippen molar-refractivity contribution in [3.63, 3.8) is 0 Å². The summed E-state index contributed by atoms with van der Waals surface area (Å²) < 4.78 is 22.8. The molecule has 7 heteroatoms. The molecule has 0 unspecified atom stereocenters. The maximum atomic E-state index is 8.59. The van der Waals surface area contributed by atoms with E-state index in [1.807, 2.05) is 33.7 Å². The number of rotatable bonds is 4. The molecule has 0 saturated carbocycles. The van der Waals surface area contributed by atoms with Crippen molar-refractivity contribution in [3.05, 3.63) is 24.1 Å². The molecule has 0 aromatic carbocycles. The summed E-state index contributed by atoms with van der Waals surface area (Å²) >= 11 is 0. The Hall–Kier alpha value is -0.590. The molecule has 2 fully saturated rings. The van der Waals surface area contributed by atoms with Crippen LogP contribution in [0.2, 0.25) is 0 Å². The van der Waals surface area contributed by atoms with Crippen LogP contribution >= 0.6 is 0 Å². The Bertz CT molecular complexity index is 434. The van der Waals surface area contributed by atoms with E-state index in [4.69, 9.17) is 23.7 Å². The third kappa shape index (κ3) is 5.70. The quantitative estimate of drug-likeness (QED) is 0.768. The Morgan fingerprint density at radius 3 is 1.23 bits per heavy atom. The maximum absolute atomic E-state index is 8.59. The van der Waals surface area contributed by atoms with E-state index < -0.39 is 0 Å². The summed E-state index contributed by atoms with van der Waals surface area (Å²) in [4.78, 5) is 0. The molecule has 0 spiro atoms. The standard InChI is InChI=1S/C10H19BO2.C9H17BO3/c1-6-7-8-11-12-9(2,3)10(4,5)13-11;1-8(2)9(3,4)13-10(12-8)6-5-7-11/h7-8H,6H2,1-5H3;5-6,11H,7H2,1-4H3/b8-7+;6-5+. The zero-order chi connectivity index (χ0) is 20.2. The van der Waals surface area contributed by atoms with Crippen LogP contribution in [0.3, 0.4) is 0 Å². The van der Waals surface area contributed by atoms with Crippen LogP contribution in [0, 0.1) is 0 Å². The second-order valence-corrected chi connectivity index (χ2v) is 8.70. The van der Waals surface area contributed by atoms with Crippen LogP contribution in [0.1, 0.15) is 68.7 Å². The van der Waals surface area contributed by atoms with Crippen LogP contribution in [0.5, 0.6) is 0 Å². The molecule has 0 aromatic heterocycles. The molecule has 0 aliphatic carbocycles. The van der Waals surface area contributed by atoms with Gasteiger partial charge < -0.3 is 23.7 Å². The van der Waals surface area contributed by atoms with Gasteiger partial charge in [0.25, 0.3) is 0 Å². The molecule has 1 N–H and O–H groups in total. The fourth-order valence-corrected chi connectivity index (χ4v) is 2.35. The number of allylic oxidation sites excluding steroid dienone is 1. The zero-order valence-corrected chi connectivity index (χ0v) is 18.0. The summed E-state index contributed by atoms with van der Waals surface area (Å²) in [6, 6.07) is 0. The third-order valence-electron chi connectivity index (χ3n) is 5.47. The highest BCUT2D eigenvalue weighted by Crippen LogP contribution is 2.37. The highest BCUT2D eigenvalue weighted by Gasteiger charge is 2.50. The van der Waals surface area contributed by atoms with Crippen LogP contribution in [-0.2, 0) is 18.6 Å². The third-order valence-corrected chi connectivity index (χ3v) is 5.47. The van der Waals surface area contributed by atoms with Gasteiger partial charge in [0.1, 0.15) is 0 Å². The molecule has 2 aliphatic heterocycles. The van der Waals surface area contributed by atoms with Crippen molar-refractivity contribution >= 4 is 14.2 Å². The van der Waals surface area contributed by atoms with Gasteiger partial charge in [-0.25, -0.2) is 0 Å². The highest BCUT2D eigenvalue weighted by molar-refractivity contribution is 6.52. The molecule has 5 nitrogen and oxygen atoms in total. The van der Waals surface area contributed by atoms with Crippen LogP contribution in [0.25, 0.3) is 0 Å². The lowest BCUT2D eigenvalue weighted by atomic mass is 9.90. The van der Waals surface area contributed by atoms with Gasteiger partial charge in [0.05, 0.1) is 29.0 Å². The molecule has 0 radical (unpaired) electrons. The minimum atomic E-state index is -0.336. The molecule has 26 heavy (non-hydrogen) atoms. The fraction of sp³-hybridized carbons (Fsp3) is 0.789. The first-order valence-electron chi connectivity index (χ1n) is 9.43. The molecular formula is C19H36B2O5. The maximum Gasteiger partial charge on any atom is 0.486 e. The van der Waals surface area contributed by atoms with Crippen LogP contribution < -0.4 is 0 Å². The van der Waals surface area contributed by atoms with E-state index in [1.54, 1.807) is 12.1 Å². The van der Waals surface area contributed by atoms with Gasteiger partial charge in [-0.3, -0.25) is 0 Å². The summed E-state index contributed by atoms with van der Waals surface area (Å²) in [5.74, 6) is 3.72. The lowest BCUT2D eigenvalue weighted by Crippen LogP contribution is -2.41. The molecule has 0 bridgehead atoms. The molecular weight excluding hydrogens is 330 g/mol. The number of hydrogen-bond acceptors (Lipinski definition) is 5. The van der Waals surface area contributed by atoms with Crippen molar-refractivity contribution in [3.8, 4) is 0 Å². The van der Waals surface area contributed by atoms with Crippen molar-refractivity contribution in [2.24, 2.45) is 0 Å². The van der Waals surface area contributed by atoms with Gasteiger partial charge in [-0.15, -0.1) is 0 Å². The predicted molar refractivity (Wildman–Crippen MR) is 108 cm³/mol. The number of aliphatic hydroxyl groups excluding tert-OH is 1. The summed E-state index contributed by atoms with van der Waals surface area (Å²) in [7, 11) is -0.512. The molecule has 2 rings (SSSR count). The lowest BCUT2D eigenvalue weighted by molar-refractivity contribution is 0.00578. The van der Waals surface area contributed by atoms with E-state index in [0.29, 0.717) is 0 Å². The fourth-order valence-electron chi connectivity index (χ4n) is 2.35. The zero-order valence-electron chi connectivity index (χ0n) is 18.0. The van der Waals surface area contributed by atoms with Crippen LogP contribution in [0.4, 0.5) is 0 Å². The molecule has 0 aromatic rings. The molecule has 148 valence electrons. The molecule has 0 amide bonds. The Morgan fingerprint density at radius 2 is 0.962 bits per heavy atom. The SMILES string of the molecule is CC/C=C/B1OC(C)(C)C(C)(C)O1.CC1(C)OB(/C=C/CO)OC1(C)C. The normalized spacial score (nSPS) is 25.8. The molecule has 0 atom stereocenters. The highest BCUT2D eigenvalue weighted by atomic mass is 16.7. The number of aliphatic hydroxyl groups is 1. The van der Waals surface area contributed by atoms with Crippen LogP contribution in [0.15, 0.2) is 24.1 Å². The van der Waals surface area contributed by atoms with Gasteiger partial charge in [0.2, 0.25) is 0 Å². The summed E-state index contributed by atoms with van der Waals surface area (Å²) in [6.07, 6.45) is 4.72. The van der Waals surface area contributed by atoms with Crippen molar-refractivity contribution in [1.29, 1.82) is 0 Å². The van der Waals surface area contributed by atoms with Gasteiger partial charge in [-0.1, -0.05) is 31.0 Å². The van der Waals surface area contributed by atoms with Crippen LogP contribution in [-0.4, -0.2) is 48.4 Å². The first-order valence-corrected chi connectivity index (χ1v) is 9.43. The van der Waals surface area contributed by atoms with E-state index in [9.17, 15) is 0 Å². The summed E-state index contributed by atoms with van der Waals surface area (Å²) in [5.41, 5.74) is -1.01. The predicted octanol–water partition coefficient (Wildman–Crippen LogP) is 3.75. The minimum absolute atomic E-state index is 0.0179. The molecule has 2 aliphatic rings. The van der Waals surface area contributed by atoms with Gasteiger partial charge in [-0.05, 0) is 61.8 Å². The average Bonchev–Trinajstić information content (AvgIpc) is 2.82. The van der Waals surface area contributed by atoms with E-state index in [0.717, 1.165) is 6.42 Å². The first kappa shape index (κ1) is 23.4. The second-order valence-electron chi connectivity index (χ2n) is 8.70. The Labute approximate surface area is 160 Å². The van der Waals surface area contributed by atoms with Crippen molar-refractivity contribution in [2.45, 2.75) is 91.1 Å². The molecule has 2 heterocycles. The second kappa shape index (κ2) is 8.61. The van der Waals surface area contributed by atoms with Gasteiger partial charge in [0.15, 0.2) is 0 Å². The van der Waals surface area contributed by atoms with E-state index in [1.165, 1.54) is 0 Å². The monoisotopic (exact) mass is 366 g/mol. The summed E-state index contributed by atoms with van der Waals surface area (Å²) in [6.45, 7) is 18.4. The first-order chi connectivity index (χ1) is 11.8. The lowest BCUT2D eigenvalue weighted by Gasteiger charge is -2.32. The molecule has 2 saturated heterocycles. The Balaban J connectivity index is 0.000000260. The van der Waals surface area contributed by atoms with Gasteiger partial charge >= 0.3 is 14.2 Å². The minimum Gasteiger partial charge on any atom is -0.400 e. The largest absolute Gasteiger partial charge is 0.486 e. The van der Waals surface area contributed by atoms with E-state index in [2.05, 4.69) is 40.7 Å². The summed E-state index contributed by atoms with van der Waals surface area (Å²) in [5, 5.41) is 8.59. The van der Waals surface area contributed by atoms with Crippen molar-refractivity contribution < 1.29 is 23.7 Å². The van der Waals surface area contributed by atoms with Gasteiger partial charge in [-0.2, -0.15) is 0 Å². The van der Waals surface area contributed by atoms with Crippen molar-refractivity contribution in [1.82, 2.24) is 0 Å². The van der Waals surface area contributed by atoms with Gasteiger partial charge in [0, 0.05) is 0 Å². The Morgan fingerprint density at radius 1 is 0.654 bits per heavy atom. The average molecular weight is 366 g/mol. The topological polar surface area (TPSA) is 57.2 Å². The van der Waals surface area contributed by atoms with E-state index in [-0.39, 0.29) is 43.2 Å². The smallest absolute Gasteiger partial charge is 0.400 e.